The van der Waals surface area contributed by atoms with E-state index in [-0.39, 0.29) is 42.1 Å². The van der Waals surface area contributed by atoms with Gasteiger partial charge < -0.3 is 29.3 Å². The van der Waals surface area contributed by atoms with Gasteiger partial charge in [0.1, 0.15) is 25.2 Å². The van der Waals surface area contributed by atoms with E-state index < -0.39 is 5.79 Å². The Morgan fingerprint density at radius 1 is 1.06 bits per heavy atom. The Hall–Kier alpha value is -2.82. The maximum Gasteiger partial charge on any atom is 0.231 e. The molecule has 1 saturated heterocycles. The van der Waals surface area contributed by atoms with Gasteiger partial charge in [-0.1, -0.05) is 48.3 Å². The summed E-state index contributed by atoms with van der Waals surface area (Å²) < 4.78 is 20.5. The van der Waals surface area contributed by atoms with Crippen LogP contribution >= 0.6 is 11.8 Å². The van der Waals surface area contributed by atoms with E-state index in [0.29, 0.717) is 19.6 Å². The van der Waals surface area contributed by atoms with Gasteiger partial charge in [0.25, 0.3) is 0 Å². The smallest absolute Gasteiger partial charge is 0.231 e. The number of fused-ring (bicyclic) bond motifs is 2. The highest BCUT2D eigenvalue weighted by molar-refractivity contribution is 8.00. The van der Waals surface area contributed by atoms with Gasteiger partial charge in [0.05, 0.1) is 23.5 Å². The number of ether oxygens (including phenoxy) is 3. The third-order valence-corrected chi connectivity index (χ3v) is 11.4. The standard InChI is InChI=1S/C38H50N2O6S/c1-3-22-45-38-35(47-29-12-5-4-6-13-29)26-33(39-43-2)31-24-27(11-7-9-20-41)30(14-8-10-21-42)36(37(31)38)32-25-28(15-16-34(32)46-38)44-23-19-40-17-18-40/h3-6,12-13,15-16,24-25,27,30,35-37,41-42H,1,7-11,14,17-23,26H2,2H3/t27-,30+,35-,36+,37+,38+/m0/s1. The van der Waals surface area contributed by atoms with Gasteiger partial charge in [-0.25, -0.2) is 0 Å². The van der Waals surface area contributed by atoms with Gasteiger partial charge in [-0.2, -0.15) is 0 Å². The first-order chi connectivity index (χ1) is 23.1. The van der Waals surface area contributed by atoms with Gasteiger partial charge in [0.2, 0.25) is 5.79 Å². The first-order valence-electron chi connectivity index (χ1n) is 17.3. The van der Waals surface area contributed by atoms with Crippen molar-refractivity contribution in [3.63, 3.8) is 0 Å². The van der Waals surface area contributed by atoms with Crippen molar-refractivity contribution < 1.29 is 29.3 Å². The fourth-order valence-electron chi connectivity index (χ4n) is 7.87. The Labute approximate surface area is 283 Å². The number of allylic oxidation sites excluding steroid dienone is 1. The zero-order chi connectivity index (χ0) is 32.6. The first-order valence-corrected chi connectivity index (χ1v) is 18.2. The second kappa shape index (κ2) is 16.1. The summed E-state index contributed by atoms with van der Waals surface area (Å²) >= 11 is 1.77. The molecule has 8 nitrogen and oxygen atoms in total. The molecule has 0 spiro atoms. The number of hydrogen-bond donors (Lipinski definition) is 2. The number of hydrogen-bond acceptors (Lipinski definition) is 9. The van der Waals surface area contributed by atoms with Crippen molar-refractivity contribution in [3.8, 4) is 11.5 Å². The monoisotopic (exact) mass is 662 g/mol. The van der Waals surface area contributed by atoms with Gasteiger partial charge >= 0.3 is 0 Å². The van der Waals surface area contributed by atoms with E-state index in [2.05, 4.69) is 59.1 Å². The largest absolute Gasteiger partial charge is 0.492 e. The second-order valence-electron chi connectivity index (χ2n) is 13.0. The van der Waals surface area contributed by atoms with Crippen molar-refractivity contribution in [1.29, 1.82) is 0 Å². The molecule has 0 aromatic heterocycles. The highest BCUT2D eigenvalue weighted by Crippen LogP contribution is 2.63. The van der Waals surface area contributed by atoms with E-state index in [1.807, 2.05) is 12.1 Å². The van der Waals surface area contributed by atoms with Gasteiger partial charge in [0.15, 0.2) is 0 Å². The van der Waals surface area contributed by atoms with Crippen LogP contribution in [0.3, 0.4) is 0 Å². The third kappa shape index (κ3) is 7.60. The molecule has 6 atom stereocenters. The lowest BCUT2D eigenvalue weighted by Crippen LogP contribution is -2.64. The average molecular weight is 663 g/mol. The quantitative estimate of drug-likeness (QED) is 0.0816. The van der Waals surface area contributed by atoms with Crippen LogP contribution in [-0.2, 0) is 9.57 Å². The molecule has 2 heterocycles. The topological polar surface area (TPSA) is 92.8 Å². The maximum absolute atomic E-state index is 9.78. The van der Waals surface area contributed by atoms with E-state index in [1.54, 1.807) is 24.9 Å². The van der Waals surface area contributed by atoms with E-state index in [4.69, 9.17) is 19.0 Å². The molecule has 1 saturated carbocycles. The number of thioether (sulfide) groups is 1. The van der Waals surface area contributed by atoms with Crippen LogP contribution < -0.4 is 9.47 Å². The lowest BCUT2D eigenvalue weighted by molar-refractivity contribution is -0.223. The molecule has 2 aliphatic carbocycles. The predicted octanol–water partition coefficient (Wildman–Crippen LogP) is 6.44. The van der Waals surface area contributed by atoms with Crippen molar-refractivity contribution in [2.45, 2.75) is 66.8 Å². The second-order valence-corrected chi connectivity index (χ2v) is 14.3. The van der Waals surface area contributed by atoms with Gasteiger partial charge in [0, 0.05) is 55.6 Å². The molecule has 2 aromatic rings. The van der Waals surface area contributed by atoms with Crippen LogP contribution in [0.5, 0.6) is 11.5 Å². The van der Waals surface area contributed by atoms with E-state index in [0.717, 1.165) is 91.4 Å². The van der Waals surface area contributed by atoms with Crippen LogP contribution in [0.1, 0.15) is 56.4 Å². The number of nitrogens with zero attached hydrogens (tertiary/aromatic N) is 2. The molecule has 254 valence electrons. The third-order valence-electron chi connectivity index (χ3n) is 10.1. The fourth-order valence-corrected chi connectivity index (χ4v) is 9.19. The maximum atomic E-state index is 9.78. The Morgan fingerprint density at radius 2 is 1.85 bits per heavy atom. The molecule has 2 fully saturated rings. The summed E-state index contributed by atoms with van der Waals surface area (Å²) in [4.78, 5) is 9.02. The fraction of sp³-hybridized carbons (Fsp3) is 0.553. The summed E-state index contributed by atoms with van der Waals surface area (Å²) in [7, 11) is 1.62. The number of oxime groups is 1. The van der Waals surface area contributed by atoms with Crippen LogP contribution in [0.4, 0.5) is 0 Å². The van der Waals surface area contributed by atoms with E-state index in [9.17, 15) is 10.2 Å². The van der Waals surface area contributed by atoms with Crippen molar-refractivity contribution in [2.75, 3.05) is 53.2 Å². The molecule has 6 rings (SSSR count). The van der Waals surface area contributed by atoms with Crippen LogP contribution in [-0.4, -0.2) is 85.0 Å². The number of aliphatic hydroxyl groups is 2. The SMILES string of the molecule is C=CCO[C@@]12Oc3ccc(OCCN4CC4)cc3[C@H]3[C@H](CCCCO)[C@@H](CCCCO)C=C(C(=NOC)C[C@@H]1Sc1ccccc1)[C@H]32. The van der Waals surface area contributed by atoms with Gasteiger partial charge in [-0.15, -0.1) is 18.3 Å². The molecule has 0 unspecified atom stereocenters. The summed E-state index contributed by atoms with van der Waals surface area (Å²) in [6, 6.07) is 16.7. The zero-order valence-electron chi connectivity index (χ0n) is 27.6. The highest BCUT2D eigenvalue weighted by Gasteiger charge is 2.64. The van der Waals surface area contributed by atoms with Crippen LogP contribution in [0.15, 0.2) is 82.9 Å². The number of benzene rings is 2. The molecule has 4 aliphatic rings. The minimum Gasteiger partial charge on any atom is -0.492 e. The van der Waals surface area contributed by atoms with Gasteiger partial charge in [-0.05, 0) is 73.4 Å². The molecule has 2 aromatic carbocycles. The van der Waals surface area contributed by atoms with Gasteiger partial charge in [-0.3, -0.25) is 4.90 Å². The van der Waals surface area contributed by atoms with E-state index >= 15 is 0 Å². The average Bonchev–Trinajstić information content (AvgIpc) is 3.92. The summed E-state index contributed by atoms with van der Waals surface area (Å²) in [5.74, 6) is 1.12. The van der Waals surface area contributed by atoms with Crippen molar-refractivity contribution in [2.24, 2.45) is 22.9 Å². The number of unbranched alkanes of at least 4 members (excludes halogenated alkanes) is 2. The molecule has 0 amide bonds. The number of aliphatic hydroxyl groups excluding tert-OH is 2. The van der Waals surface area contributed by atoms with Crippen molar-refractivity contribution in [1.82, 2.24) is 4.90 Å². The zero-order valence-corrected chi connectivity index (χ0v) is 28.4. The highest BCUT2D eigenvalue weighted by atomic mass is 32.2. The first kappa shape index (κ1) is 34.1. The van der Waals surface area contributed by atoms with Crippen LogP contribution in [0.25, 0.3) is 0 Å². The Bertz CT molecular complexity index is 1400. The van der Waals surface area contributed by atoms with Crippen LogP contribution in [0, 0.1) is 17.8 Å². The summed E-state index contributed by atoms with van der Waals surface area (Å²) in [5.41, 5.74) is 3.22. The van der Waals surface area contributed by atoms with Crippen LogP contribution in [0.2, 0.25) is 0 Å². The summed E-state index contributed by atoms with van der Waals surface area (Å²) in [6.07, 6.45) is 10.2. The molecular weight excluding hydrogens is 612 g/mol. The molecule has 0 radical (unpaired) electrons. The Morgan fingerprint density at radius 3 is 2.57 bits per heavy atom. The molecule has 2 aliphatic heterocycles. The summed E-state index contributed by atoms with van der Waals surface area (Å²) in [6.45, 7) is 8.60. The Kier molecular flexibility index (Phi) is 11.6. The minimum absolute atomic E-state index is 0.0540. The molecule has 47 heavy (non-hydrogen) atoms. The van der Waals surface area contributed by atoms with Crippen molar-refractivity contribution >= 4 is 17.5 Å². The van der Waals surface area contributed by atoms with Crippen molar-refractivity contribution in [3.05, 3.63) is 78.4 Å². The lowest BCUT2D eigenvalue weighted by Gasteiger charge is -2.58. The lowest BCUT2D eigenvalue weighted by atomic mass is 9.56. The predicted molar refractivity (Wildman–Crippen MR) is 186 cm³/mol. The Balaban J connectivity index is 1.50. The minimum atomic E-state index is -0.988. The molecule has 9 heteroatoms. The van der Waals surface area contributed by atoms with E-state index in [1.165, 1.54) is 0 Å². The molecule has 2 N–H and O–H groups in total. The summed E-state index contributed by atoms with van der Waals surface area (Å²) in [5, 5.41) is 24.0. The number of rotatable bonds is 18. The molecule has 0 bridgehead atoms. The normalized spacial score (nSPS) is 28.5. The molecular formula is C38H50N2O6S.